The van der Waals surface area contributed by atoms with Crippen LogP contribution in [0.3, 0.4) is 0 Å². The molecule has 0 radical (unpaired) electrons. The van der Waals surface area contributed by atoms with Gasteiger partial charge in [0.25, 0.3) is 11.5 Å². The summed E-state index contributed by atoms with van der Waals surface area (Å²) < 4.78 is 15.8. The van der Waals surface area contributed by atoms with Crippen molar-refractivity contribution in [3.63, 3.8) is 0 Å². The summed E-state index contributed by atoms with van der Waals surface area (Å²) in [6.07, 6.45) is 2.81. The second-order valence-electron chi connectivity index (χ2n) is 9.48. The van der Waals surface area contributed by atoms with Crippen molar-refractivity contribution in [3.8, 4) is 5.69 Å². The Hall–Kier alpha value is -4.38. The van der Waals surface area contributed by atoms with E-state index in [9.17, 15) is 14.0 Å². The van der Waals surface area contributed by atoms with E-state index in [0.717, 1.165) is 6.42 Å². The van der Waals surface area contributed by atoms with Crippen molar-refractivity contribution in [2.24, 2.45) is 16.5 Å². The van der Waals surface area contributed by atoms with E-state index in [4.69, 9.17) is 28.1 Å². The molecule has 2 aliphatic rings. The predicted octanol–water partition coefficient (Wildman–Crippen LogP) is 2.72. The first-order valence-electron chi connectivity index (χ1n) is 12.4. The summed E-state index contributed by atoms with van der Waals surface area (Å²) in [5.41, 5.74) is 13.2. The van der Waals surface area contributed by atoms with Crippen LogP contribution in [-0.4, -0.2) is 51.5 Å². The van der Waals surface area contributed by atoms with Gasteiger partial charge in [-0.1, -0.05) is 23.7 Å². The number of aromatic nitrogens is 2. The largest absolute Gasteiger partial charge is 0.371 e. The van der Waals surface area contributed by atoms with Crippen molar-refractivity contribution in [2.45, 2.75) is 25.8 Å². The van der Waals surface area contributed by atoms with Gasteiger partial charge in [0.15, 0.2) is 5.96 Å². The number of nitrogens with zero attached hydrogens (tertiary/aromatic N) is 5. The highest BCUT2D eigenvalue weighted by molar-refractivity contribution is 6.35. The van der Waals surface area contributed by atoms with Gasteiger partial charge in [0.05, 0.1) is 51.8 Å². The normalized spacial score (nSPS) is 18.1. The van der Waals surface area contributed by atoms with Crippen molar-refractivity contribution in [3.05, 3.63) is 92.6 Å². The third kappa shape index (κ3) is 4.81. The number of rotatable bonds is 5. The SMILES string of the molecule is CC1=C(/C(=C\N=C(N)N)N2CCC[C@H]2c2nc3cccc(Cl)c3c(=O)n2-c2cccc(F)c2)C(=O)N(C)CN1. The van der Waals surface area contributed by atoms with E-state index in [1.165, 1.54) is 29.0 Å². The number of aliphatic imine (C=N–C) groups is 1. The van der Waals surface area contributed by atoms with Crippen molar-refractivity contribution in [2.75, 3.05) is 20.3 Å². The summed E-state index contributed by atoms with van der Waals surface area (Å²) in [5.74, 6) is -0.476. The van der Waals surface area contributed by atoms with Gasteiger partial charge in [-0.15, -0.1) is 0 Å². The Balaban J connectivity index is 1.76. The number of allylic oxidation sites excluding steroid dienone is 1. The van der Waals surface area contributed by atoms with Crippen molar-refractivity contribution < 1.29 is 9.18 Å². The quantitative estimate of drug-likeness (QED) is 0.328. The van der Waals surface area contributed by atoms with Crippen LogP contribution in [0.5, 0.6) is 0 Å². The Labute approximate surface area is 229 Å². The molecule has 5 N–H and O–H groups in total. The lowest BCUT2D eigenvalue weighted by Crippen LogP contribution is -2.44. The predicted molar refractivity (Wildman–Crippen MR) is 148 cm³/mol. The van der Waals surface area contributed by atoms with Crippen LogP contribution >= 0.6 is 11.6 Å². The average Bonchev–Trinajstić information content (AvgIpc) is 3.37. The number of carbonyl (C=O) groups is 1. The number of halogens is 2. The maximum absolute atomic E-state index is 14.4. The van der Waals surface area contributed by atoms with Gasteiger partial charge < -0.3 is 26.6 Å². The Bertz CT molecular complexity index is 1630. The summed E-state index contributed by atoms with van der Waals surface area (Å²) in [4.78, 5) is 39.8. The van der Waals surface area contributed by atoms with Gasteiger partial charge in [-0.05, 0) is 50.1 Å². The Morgan fingerprint density at radius 3 is 2.74 bits per heavy atom. The first-order chi connectivity index (χ1) is 18.7. The zero-order valence-corrected chi connectivity index (χ0v) is 22.2. The molecule has 1 fully saturated rings. The van der Waals surface area contributed by atoms with Gasteiger partial charge >= 0.3 is 0 Å². The van der Waals surface area contributed by atoms with Gasteiger partial charge in [-0.3, -0.25) is 14.2 Å². The molecule has 12 heteroatoms. The van der Waals surface area contributed by atoms with E-state index < -0.39 is 17.4 Å². The molecule has 1 atom stereocenters. The highest BCUT2D eigenvalue weighted by Crippen LogP contribution is 2.39. The number of amides is 1. The number of hydrogen-bond acceptors (Lipinski definition) is 6. The molecule has 5 rings (SSSR count). The molecule has 0 bridgehead atoms. The highest BCUT2D eigenvalue weighted by Gasteiger charge is 2.37. The lowest BCUT2D eigenvalue weighted by atomic mass is 10.0. The van der Waals surface area contributed by atoms with E-state index in [1.807, 2.05) is 11.8 Å². The van der Waals surface area contributed by atoms with Gasteiger partial charge in [0, 0.05) is 19.3 Å². The van der Waals surface area contributed by atoms with Gasteiger partial charge in [0.1, 0.15) is 11.6 Å². The number of nitrogens with one attached hydrogen (secondary N) is 1. The third-order valence-corrected chi connectivity index (χ3v) is 7.22. The number of carbonyl (C=O) groups excluding carboxylic acids is 1. The molecule has 2 aromatic carbocycles. The van der Waals surface area contributed by atoms with E-state index >= 15 is 0 Å². The van der Waals surface area contributed by atoms with E-state index in [-0.39, 0.29) is 22.3 Å². The number of benzene rings is 2. The average molecular weight is 551 g/mol. The van der Waals surface area contributed by atoms with Crippen LogP contribution in [0.15, 0.2) is 75.4 Å². The minimum atomic E-state index is -0.496. The molecule has 0 aliphatic carbocycles. The van der Waals surface area contributed by atoms with Crippen molar-refractivity contribution >= 4 is 34.4 Å². The first kappa shape index (κ1) is 26.2. The fraction of sp³-hybridized carbons (Fsp3) is 0.259. The topological polar surface area (TPSA) is 135 Å². The summed E-state index contributed by atoms with van der Waals surface area (Å²) in [6.45, 7) is 2.71. The molecule has 3 heterocycles. The maximum Gasteiger partial charge on any atom is 0.267 e. The van der Waals surface area contributed by atoms with Crippen LogP contribution < -0.4 is 22.3 Å². The van der Waals surface area contributed by atoms with E-state index in [0.29, 0.717) is 53.6 Å². The number of likely N-dealkylation sites (tertiary alicyclic amines) is 1. The summed E-state index contributed by atoms with van der Waals surface area (Å²) in [7, 11) is 1.69. The Morgan fingerprint density at radius 2 is 2.00 bits per heavy atom. The number of fused-ring (bicyclic) bond motifs is 1. The number of guanidine groups is 1. The molecule has 0 spiro atoms. The number of likely N-dealkylation sites (N-methyl/N-ethyl adjacent to an activating group) is 1. The fourth-order valence-electron chi connectivity index (χ4n) is 5.09. The standard InChI is InChI=1S/C27H28ClFN8O2/c1-15-22(25(38)35(2)14-33-15)21(13-32-27(30)31)36-11-5-10-20(36)24-34-19-9-4-8-18(28)23(19)26(39)37(24)17-7-3-6-16(29)12-17/h3-4,6-9,12-13,20,33H,5,10-11,14H2,1-2H3,(H4,30,31,32)/b21-13+/t20-/m0/s1. The van der Waals surface area contributed by atoms with E-state index in [2.05, 4.69) is 10.3 Å². The van der Waals surface area contributed by atoms with Gasteiger partial charge in [0.2, 0.25) is 0 Å². The lowest BCUT2D eigenvalue weighted by Gasteiger charge is -2.35. The molecule has 1 amide bonds. The van der Waals surface area contributed by atoms with Crippen molar-refractivity contribution in [1.82, 2.24) is 24.7 Å². The molecular formula is C27H28ClFN8O2. The van der Waals surface area contributed by atoms with Crippen LogP contribution in [-0.2, 0) is 4.79 Å². The third-order valence-electron chi connectivity index (χ3n) is 6.91. The monoisotopic (exact) mass is 550 g/mol. The lowest BCUT2D eigenvalue weighted by molar-refractivity contribution is -0.126. The molecule has 10 nitrogen and oxygen atoms in total. The molecule has 0 saturated carbocycles. The summed E-state index contributed by atoms with van der Waals surface area (Å²) >= 11 is 6.42. The molecule has 2 aliphatic heterocycles. The molecule has 1 saturated heterocycles. The zero-order valence-electron chi connectivity index (χ0n) is 21.5. The van der Waals surface area contributed by atoms with Crippen LogP contribution in [0.4, 0.5) is 4.39 Å². The molecule has 202 valence electrons. The van der Waals surface area contributed by atoms with Gasteiger partial charge in [-0.2, -0.15) is 0 Å². The molecule has 0 unspecified atom stereocenters. The van der Waals surface area contributed by atoms with Crippen LogP contribution in [0.25, 0.3) is 16.6 Å². The van der Waals surface area contributed by atoms with Gasteiger partial charge in [-0.25, -0.2) is 14.4 Å². The smallest absolute Gasteiger partial charge is 0.267 e. The molecule has 39 heavy (non-hydrogen) atoms. The molecule has 1 aromatic heterocycles. The molecule has 3 aromatic rings. The fourth-order valence-corrected chi connectivity index (χ4v) is 5.34. The van der Waals surface area contributed by atoms with Crippen molar-refractivity contribution in [1.29, 1.82) is 0 Å². The zero-order chi connectivity index (χ0) is 27.8. The minimum Gasteiger partial charge on any atom is -0.371 e. The Morgan fingerprint density at radius 1 is 1.23 bits per heavy atom. The minimum absolute atomic E-state index is 0.166. The molecular weight excluding hydrogens is 523 g/mol. The maximum atomic E-state index is 14.4. The van der Waals surface area contributed by atoms with E-state index in [1.54, 1.807) is 36.2 Å². The summed E-state index contributed by atoms with van der Waals surface area (Å²) in [5, 5.41) is 3.71. The van der Waals surface area contributed by atoms with Crippen LogP contribution in [0, 0.1) is 5.82 Å². The Kier molecular flexibility index (Phi) is 7.00. The number of hydrogen-bond donors (Lipinski definition) is 3. The summed E-state index contributed by atoms with van der Waals surface area (Å²) in [6, 6.07) is 10.4. The van der Waals surface area contributed by atoms with Crippen LogP contribution in [0.2, 0.25) is 5.02 Å². The van der Waals surface area contributed by atoms with Crippen LogP contribution in [0.1, 0.15) is 31.6 Å². The second-order valence-corrected chi connectivity index (χ2v) is 9.89. The highest BCUT2D eigenvalue weighted by atomic mass is 35.5. The first-order valence-corrected chi connectivity index (χ1v) is 12.8. The number of nitrogens with two attached hydrogens (primary N) is 2. The second kappa shape index (κ2) is 10.4.